The van der Waals surface area contributed by atoms with Gasteiger partial charge in [0.2, 0.25) is 5.91 Å². The van der Waals surface area contributed by atoms with Gasteiger partial charge in [0.25, 0.3) is 0 Å². The Morgan fingerprint density at radius 2 is 2.12 bits per heavy atom. The molecule has 1 aromatic rings. The molecule has 0 aliphatic heterocycles. The Labute approximate surface area is 115 Å². The van der Waals surface area contributed by atoms with E-state index in [4.69, 9.17) is 11.6 Å². The molecule has 1 fully saturated rings. The van der Waals surface area contributed by atoms with Crippen molar-refractivity contribution in [1.82, 2.24) is 0 Å². The van der Waals surface area contributed by atoms with E-state index in [2.05, 4.69) is 21.2 Å². The molecule has 4 heteroatoms. The van der Waals surface area contributed by atoms with E-state index >= 15 is 0 Å². The van der Waals surface area contributed by atoms with E-state index < -0.39 is 0 Å². The van der Waals surface area contributed by atoms with E-state index in [1.165, 1.54) is 25.7 Å². The quantitative estimate of drug-likeness (QED) is 0.866. The van der Waals surface area contributed by atoms with E-state index in [9.17, 15) is 4.79 Å². The van der Waals surface area contributed by atoms with E-state index in [0.29, 0.717) is 17.4 Å². The highest BCUT2D eigenvalue weighted by molar-refractivity contribution is 9.10. The summed E-state index contributed by atoms with van der Waals surface area (Å²) in [6.07, 6.45) is 5.52. The number of halogens is 2. The van der Waals surface area contributed by atoms with Gasteiger partial charge in [0.05, 0.1) is 5.69 Å². The second kappa shape index (κ2) is 5.87. The third-order valence-corrected chi connectivity index (χ3v) is 4.08. The highest BCUT2D eigenvalue weighted by Crippen LogP contribution is 2.29. The van der Waals surface area contributed by atoms with Crippen molar-refractivity contribution in [3.8, 4) is 0 Å². The van der Waals surface area contributed by atoms with Crippen molar-refractivity contribution in [2.75, 3.05) is 5.32 Å². The summed E-state index contributed by atoms with van der Waals surface area (Å²) in [4.78, 5) is 11.9. The summed E-state index contributed by atoms with van der Waals surface area (Å²) in [5.74, 6) is 0.646. The molecule has 0 radical (unpaired) electrons. The lowest BCUT2D eigenvalue weighted by molar-refractivity contribution is -0.117. The summed E-state index contributed by atoms with van der Waals surface area (Å²) in [5, 5.41) is 3.54. The summed E-state index contributed by atoms with van der Waals surface area (Å²) in [6.45, 7) is 0. The predicted molar refractivity (Wildman–Crippen MR) is 74.4 cm³/mol. The summed E-state index contributed by atoms with van der Waals surface area (Å²) in [6, 6.07) is 5.39. The lowest BCUT2D eigenvalue weighted by Gasteiger charge is -2.11. The van der Waals surface area contributed by atoms with E-state index in [1.54, 1.807) is 12.1 Å². The fourth-order valence-electron chi connectivity index (χ4n) is 2.27. The maximum absolute atomic E-state index is 11.9. The molecular weight excluding hydrogens is 302 g/mol. The number of hydrogen-bond acceptors (Lipinski definition) is 1. The lowest BCUT2D eigenvalue weighted by Crippen LogP contribution is -2.15. The molecule has 1 aliphatic carbocycles. The van der Waals surface area contributed by atoms with E-state index in [-0.39, 0.29) is 5.91 Å². The summed E-state index contributed by atoms with van der Waals surface area (Å²) in [5.41, 5.74) is 0.750. The van der Waals surface area contributed by atoms with E-state index in [1.807, 2.05) is 6.07 Å². The number of hydrogen-bond donors (Lipinski definition) is 1. The molecule has 1 aromatic carbocycles. The minimum absolute atomic E-state index is 0.0832. The van der Waals surface area contributed by atoms with Crippen LogP contribution in [0.4, 0.5) is 5.69 Å². The summed E-state index contributed by atoms with van der Waals surface area (Å²) < 4.78 is 0.863. The maximum Gasteiger partial charge on any atom is 0.224 e. The fourth-order valence-corrected chi connectivity index (χ4v) is 2.79. The van der Waals surface area contributed by atoms with Gasteiger partial charge in [0.15, 0.2) is 0 Å². The van der Waals surface area contributed by atoms with Crippen LogP contribution < -0.4 is 5.32 Å². The molecular formula is C13H15BrClNO. The smallest absolute Gasteiger partial charge is 0.224 e. The average Bonchev–Trinajstić information content (AvgIpc) is 2.76. The Kier molecular flexibility index (Phi) is 4.46. The second-order valence-electron chi connectivity index (χ2n) is 4.53. The molecule has 1 saturated carbocycles. The van der Waals surface area contributed by atoms with Gasteiger partial charge in [-0.1, -0.05) is 24.4 Å². The van der Waals surface area contributed by atoms with Gasteiger partial charge in [0, 0.05) is 15.9 Å². The monoisotopic (exact) mass is 315 g/mol. The van der Waals surface area contributed by atoms with Crippen molar-refractivity contribution >= 4 is 39.1 Å². The van der Waals surface area contributed by atoms with Gasteiger partial charge in [0.1, 0.15) is 0 Å². The van der Waals surface area contributed by atoms with Crippen molar-refractivity contribution in [2.24, 2.45) is 5.92 Å². The SMILES string of the molecule is O=C(CC1CCCC1)Nc1cc(Cl)ccc1Br. The van der Waals surface area contributed by atoms with Gasteiger partial charge < -0.3 is 5.32 Å². The topological polar surface area (TPSA) is 29.1 Å². The van der Waals surface area contributed by atoms with Crippen molar-refractivity contribution in [2.45, 2.75) is 32.1 Å². The number of amides is 1. The van der Waals surface area contributed by atoms with Gasteiger partial charge in [-0.05, 0) is 52.9 Å². The van der Waals surface area contributed by atoms with Gasteiger partial charge in [-0.2, -0.15) is 0 Å². The molecule has 0 unspecified atom stereocenters. The van der Waals surface area contributed by atoms with Crippen LogP contribution in [0.2, 0.25) is 5.02 Å². The Bertz CT molecular complexity index is 416. The third kappa shape index (κ3) is 3.71. The van der Waals surface area contributed by atoms with Crippen LogP contribution in [0.15, 0.2) is 22.7 Å². The minimum Gasteiger partial charge on any atom is -0.325 e. The van der Waals surface area contributed by atoms with Crippen LogP contribution in [0.5, 0.6) is 0 Å². The summed E-state index contributed by atoms with van der Waals surface area (Å²) >= 11 is 9.30. The first-order valence-corrected chi connectivity index (χ1v) is 7.07. The molecule has 2 nitrogen and oxygen atoms in total. The molecule has 1 amide bonds. The molecule has 1 aliphatic rings. The normalized spacial score (nSPS) is 16.1. The van der Waals surface area contributed by atoms with Gasteiger partial charge in [-0.25, -0.2) is 0 Å². The zero-order chi connectivity index (χ0) is 12.3. The summed E-state index contributed by atoms with van der Waals surface area (Å²) in [7, 11) is 0. The van der Waals surface area contributed by atoms with Crippen LogP contribution in [-0.2, 0) is 4.79 Å². The molecule has 1 N–H and O–H groups in total. The maximum atomic E-state index is 11.9. The van der Waals surface area contributed by atoms with Crippen LogP contribution in [-0.4, -0.2) is 5.91 Å². The first-order chi connectivity index (χ1) is 8.15. The number of anilines is 1. The molecule has 0 saturated heterocycles. The highest BCUT2D eigenvalue weighted by atomic mass is 79.9. The molecule has 17 heavy (non-hydrogen) atoms. The standard InChI is InChI=1S/C13H15BrClNO/c14-11-6-5-10(15)8-12(11)16-13(17)7-9-3-1-2-4-9/h5-6,8-9H,1-4,7H2,(H,16,17). The van der Waals surface area contributed by atoms with Crippen LogP contribution >= 0.6 is 27.5 Å². The van der Waals surface area contributed by atoms with Crippen molar-refractivity contribution < 1.29 is 4.79 Å². The molecule has 0 atom stereocenters. The van der Waals surface area contributed by atoms with Crippen molar-refractivity contribution in [3.05, 3.63) is 27.7 Å². The number of rotatable bonds is 3. The Morgan fingerprint density at radius 3 is 2.82 bits per heavy atom. The minimum atomic E-state index is 0.0832. The van der Waals surface area contributed by atoms with Crippen LogP contribution in [0.3, 0.4) is 0 Å². The second-order valence-corrected chi connectivity index (χ2v) is 5.82. The van der Waals surface area contributed by atoms with Gasteiger partial charge in [-0.3, -0.25) is 4.79 Å². The number of carbonyl (C=O) groups excluding carboxylic acids is 1. The van der Waals surface area contributed by atoms with Crippen molar-refractivity contribution in [3.63, 3.8) is 0 Å². The van der Waals surface area contributed by atoms with Crippen molar-refractivity contribution in [1.29, 1.82) is 0 Å². The lowest BCUT2D eigenvalue weighted by atomic mass is 10.0. The molecule has 0 bridgehead atoms. The fraction of sp³-hybridized carbons (Fsp3) is 0.462. The first kappa shape index (κ1) is 12.9. The number of nitrogens with one attached hydrogen (secondary N) is 1. The van der Waals surface area contributed by atoms with E-state index in [0.717, 1.165) is 10.2 Å². The van der Waals surface area contributed by atoms with Gasteiger partial charge >= 0.3 is 0 Å². The molecule has 0 aromatic heterocycles. The number of benzene rings is 1. The third-order valence-electron chi connectivity index (χ3n) is 3.15. The van der Waals surface area contributed by atoms with Crippen LogP contribution in [0.25, 0.3) is 0 Å². The largest absolute Gasteiger partial charge is 0.325 e. The average molecular weight is 317 g/mol. The number of carbonyl (C=O) groups is 1. The Morgan fingerprint density at radius 1 is 1.41 bits per heavy atom. The molecule has 0 heterocycles. The Balaban J connectivity index is 1.95. The van der Waals surface area contributed by atoms with Gasteiger partial charge in [-0.15, -0.1) is 0 Å². The predicted octanol–water partition coefficient (Wildman–Crippen LogP) is 4.62. The first-order valence-electron chi connectivity index (χ1n) is 5.90. The highest BCUT2D eigenvalue weighted by Gasteiger charge is 2.18. The Hall–Kier alpha value is -0.540. The zero-order valence-corrected chi connectivity index (χ0v) is 11.9. The molecule has 0 spiro atoms. The van der Waals surface area contributed by atoms with Crippen LogP contribution in [0.1, 0.15) is 32.1 Å². The zero-order valence-electron chi connectivity index (χ0n) is 9.51. The molecule has 2 rings (SSSR count). The van der Waals surface area contributed by atoms with Crippen LogP contribution in [0, 0.1) is 5.92 Å². The molecule has 92 valence electrons.